The van der Waals surface area contributed by atoms with E-state index in [1.807, 2.05) is 0 Å². The summed E-state index contributed by atoms with van der Waals surface area (Å²) in [5.74, 6) is 2.43. The molecule has 0 aromatic carbocycles. The minimum absolute atomic E-state index is 0.0981. The molecule has 0 unspecified atom stereocenters. The molecule has 0 bridgehead atoms. The number of hydrogen-bond acceptors (Lipinski definition) is 11. The van der Waals surface area contributed by atoms with Crippen LogP contribution in [0.2, 0.25) is 15.5 Å². The molecule has 0 radical (unpaired) electrons. The van der Waals surface area contributed by atoms with Gasteiger partial charge in [0.25, 0.3) is 0 Å². The maximum atomic E-state index is 11.4. The van der Waals surface area contributed by atoms with Crippen LogP contribution in [0.3, 0.4) is 0 Å². The number of hydrogen-bond donors (Lipinski definition) is 3. The highest BCUT2D eigenvalue weighted by Crippen LogP contribution is 2.29. The van der Waals surface area contributed by atoms with Gasteiger partial charge in [0.05, 0.1) is 20.2 Å². The summed E-state index contributed by atoms with van der Waals surface area (Å²) in [5.41, 5.74) is 0.888. The maximum Gasteiger partial charge on any atom is 0.242 e. The van der Waals surface area contributed by atoms with Crippen LogP contribution in [0.15, 0.2) is 9.98 Å². The van der Waals surface area contributed by atoms with E-state index in [-0.39, 0.29) is 16.2 Å². The summed E-state index contributed by atoms with van der Waals surface area (Å²) in [6.07, 6.45) is 0. The predicted octanol–water partition coefficient (Wildman–Crippen LogP) is 2.54. The summed E-state index contributed by atoms with van der Waals surface area (Å²) in [6, 6.07) is 0. The first kappa shape index (κ1) is 25.7. The average Bonchev–Trinajstić information content (AvgIpc) is 3.45. The lowest BCUT2D eigenvalue weighted by Gasteiger charge is -2.18. The topological polar surface area (TPSA) is 142 Å². The number of carbonyl (C=O) groups excluding carboxylic acids is 1. The van der Waals surface area contributed by atoms with Crippen LogP contribution in [0.1, 0.15) is 18.6 Å². The number of aliphatic imine (C=N–C) groups is 2. The van der Waals surface area contributed by atoms with Crippen molar-refractivity contribution in [1.29, 1.82) is 0 Å². The molecule has 0 saturated heterocycles. The summed E-state index contributed by atoms with van der Waals surface area (Å²) in [7, 11) is 1.53. The molecular formula is C19H23Cl3N10O2. The third-order valence-electron chi connectivity index (χ3n) is 4.44. The van der Waals surface area contributed by atoms with Crippen LogP contribution in [-0.4, -0.2) is 76.0 Å². The van der Waals surface area contributed by atoms with Crippen molar-refractivity contribution in [2.75, 3.05) is 43.9 Å². The zero-order valence-electron chi connectivity index (χ0n) is 18.9. The molecule has 0 aliphatic carbocycles. The molecule has 182 valence electrons. The van der Waals surface area contributed by atoms with Crippen LogP contribution in [0, 0.1) is 13.8 Å². The molecular weight excluding hydrogens is 507 g/mol. The summed E-state index contributed by atoms with van der Waals surface area (Å²) >= 11 is 18.0. The Balaban J connectivity index is 0.000000192. The van der Waals surface area contributed by atoms with Gasteiger partial charge in [0.1, 0.15) is 23.0 Å². The number of nitrogens with one attached hydrogen (secondary N) is 3. The fourth-order valence-electron chi connectivity index (χ4n) is 2.95. The number of anilines is 2. The molecule has 2 aliphatic rings. The summed E-state index contributed by atoms with van der Waals surface area (Å²) < 4.78 is 5.14. The van der Waals surface area contributed by atoms with Crippen molar-refractivity contribution in [3.8, 4) is 5.88 Å². The minimum Gasteiger partial charge on any atom is -0.479 e. The quantitative estimate of drug-likeness (QED) is 0.511. The molecule has 0 spiro atoms. The standard InChI is InChI=1S/C10H11Cl2N5O.C9H12ClN5O/c1-5-14-8(11)7(9(12)15-5)16-10-13-3-4-17(10)6(2)18;1-5-13-7(10)6(8(14-5)16-2)15-9-11-3-4-12-9/h3-4H2,1-2H3,(H,13,16);3-4H2,1-2H3,(H2,11,12,15). The average molecular weight is 530 g/mol. The molecule has 15 heteroatoms. The van der Waals surface area contributed by atoms with E-state index in [4.69, 9.17) is 39.5 Å². The van der Waals surface area contributed by atoms with E-state index in [2.05, 4.69) is 45.9 Å². The second-order valence-electron chi connectivity index (χ2n) is 6.96. The Morgan fingerprint density at radius 1 is 0.941 bits per heavy atom. The first-order valence-corrected chi connectivity index (χ1v) is 11.3. The van der Waals surface area contributed by atoms with Crippen LogP contribution < -0.4 is 20.7 Å². The van der Waals surface area contributed by atoms with E-state index in [0.717, 1.165) is 13.1 Å². The van der Waals surface area contributed by atoms with E-state index >= 15 is 0 Å². The third-order valence-corrected chi connectivity index (χ3v) is 5.27. The van der Waals surface area contributed by atoms with E-state index in [1.165, 1.54) is 18.9 Å². The highest BCUT2D eigenvalue weighted by Gasteiger charge is 2.23. The lowest BCUT2D eigenvalue weighted by atomic mass is 10.4. The van der Waals surface area contributed by atoms with Crippen molar-refractivity contribution >= 4 is 64.0 Å². The first-order valence-electron chi connectivity index (χ1n) is 10.1. The maximum absolute atomic E-state index is 11.4. The van der Waals surface area contributed by atoms with Gasteiger partial charge >= 0.3 is 0 Å². The zero-order chi connectivity index (χ0) is 24.8. The lowest BCUT2D eigenvalue weighted by Crippen LogP contribution is -2.36. The molecule has 2 aliphatic heterocycles. The van der Waals surface area contributed by atoms with Gasteiger partial charge in [-0.3, -0.25) is 19.7 Å². The molecule has 0 fully saturated rings. The second kappa shape index (κ2) is 11.4. The van der Waals surface area contributed by atoms with Crippen LogP contribution in [0.5, 0.6) is 5.88 Å². The second-order valence-corrected chi connectivity index (χ2v) is 8.03. The van der Waals surface area contributed by atoms with E-state index in [0.29, 0.717) is 59.1 Å². The number of nitrogens with zero attached hydrogens (tertiary/aromatic N) is 7. The summed E-state index contributed by atoms with van der Waals surface area (Å²) in [6.45, 7) is 7.56. The predicted molar refractivity (Wildman–Crippen MR) is 132 cm³/mol. The normalized spacial score (nSPS) is 14.5. The Labute approximate surface area is 211 Å². The highest BCUT2D eigenvalue weighted by molar-refractivity contribution is 6.38. The van der Waals surface area contributed by atoms with Crippen LogP contribution in [0.25, 0.3) is 0 Å². The van der Waals surface area contributed by atoms with Gasteiger partial charge in [0, 0.05) is 20.0 Å². The van der Waals surface area contributed by atoms with Gasteiger partial charge in [-0.2, -0.15) is 4.98 Å². The molecule has 4 heterocycles. The Kier molecular flexibility index (Phi) is 8.64. The SMILES string of the molecule is CC(=O)N1CCN=C1Nc1c(Cl)nc(C)nc1Cl.COc1nc(C)nc(Cl)c1NC1=NCCN1. The van der Waals surface area contributed by atoms with Gasteiger partial charge < -0.3 is 20.7 Å². The van der Waals surface area contributed by atoms with Gasteiger partial charge in [-0.1, -0.05) is 34.8 Å². The summed E-state index contributed by atoms with van der Waals surface area (Å²) in [5, 5.41) is 9.70. The molecule has 1 amide bonds. The van der Waals surface area contributed by atoms with Crippen molar-refractivity contribution < 1.29 is 9.53 Å². The number of methoxy groups -OCH3 is 1. The molecule has 2 aromatic rings. The van der Waals surface area contributed by atoms with Crippen molar-refractivity contribution in [1.82, 2.24) is 30.2 Å². The first-order chi connectivity index (χ1) is 16.2. The van der Waals surface area contributed by atoms with Gasteiger partial charge in [-0.25, -0.2) is 15.0 Å². The molecule has 4 rings (SSSR count). The van der Waals surface area contributed by atoms with Crippen LogP contribution >= 0.6 is 34.8 Å². The fraction of sp³-hybridized carbons (Fsp3) is 0.421. The number of halogens is 3. The Morgan fingerprint density at radius 3 is 2.12 bits per heavy atom. The minimum atomic E-state index is -0.0981. The van der Waals surface area contributed by atoms with Crippen LogP contribution in [-0.2, 0) is 4.79 Å². The molecule has 2 aromatic heterocycles. The Bertz CT molecular complexity index is 1120. The van der Waals surface area contributed by atoms with Crippen molar-refractivity contribution in [3.63, 3.8) is 0 Å². The highest BCUT2D eigenvalue weighted by atomic mass is 35.5. The zero-order valence-corrected chi connectivity index (χ0v) is 21.2. The molecule has 34 heavy (non-hydrogen) atoms. The smallest absolute Gasteiger partial charge is 0.242 e. The van der Waals surface area contributed by atoms with Gasteiger partial charge in [-0.05, 0) is 13.8 Å². The molecule has 12 nitrogen and oxygen atoms in total. The van der Waals surface area contributed by atoms with Gasteiger partial charge in [0.15, 0.2) is 21.4 Å². The van der Waals surface area contributed by atoms with Crippen molar-refractivity contribution in [2.24, 2.45) is 9.98 Å². The van der Waals surface area contributed by atoms with E-state index in [1.54, 1.807) is 13.8 Å². The molecule has 0 saturated carbocycles. The Hall–Kier alpha value is -2.96. The van der Waals surface area contributed by atoms with Crippen LogP contribution in [0.4, 0.5) is 11.4 Å². The molecule has 0 atom stereocenters. The Morgan fingerprint density at radius 2 is 1.56 bits per heavy atom. The number of aryl methyl sites for hydroxylation is 2. The van der Waals surface area contributed by atoms with Crippen molar-refractivity contribution in [3.05, 3.63) is 27.1 Å². The number of carbonyl (C=O) groups is 1. The van der Waals surface area contributed by atoms with Gasteiger partial charge in [0.2, 0.25) is 17.7 Å². The number of guanidine groups is 2. The largest absolute Gasteiger partial charge is 0.479 e. The number of rotatable bonds is 3. The van der Waals surface area contributed by atoms with Crippen molar-refractivity contribution in [2.45, 2.75) is 20.8 Å². The van der Waals surface area contributed by atoms with Gasteiger partial charge in [-0.15, -0.1) is 0 Å². The molecule has 3 N–H and O–H groups in total. The summed E-state index contributed by atoms with van der Waals surface area (Å²) in [4.78, 5) is 37.4. The van der Waals surface area contributed by atoms with E-state index in [9.17, 15) is 4.79 Å². The third kappa shape index (κ3) is 6.33. The fourth-order valence-corrected chi connectivity index (χ4v) is 3.77. The number of ether oxygens (including phenoxy) is 1. The lowest BCUT2D eigenvalue weighted by molar-refractivity contribution is -0.124. The van der Waals surface area contributed by atoms with E-state index < -0.39 is 0 Å². The monoisotopic (exact) mass is 528 g/mol. The number of aromatic nitrogens is 4. The number of amides is 1.